The van der Waals surface area contributed by atoms with Crippen molar-refractivity contribution in [1.29, 1.82) is 0 Å². The predicted octanol–water partition coefficient (Wildman–Crippen LogP) is 3.56. The van der Waals surface area contributed by atoms with Gasteiger partial charge in [0.1, 0.15) is 0 Å². The Morgan fingerprint density at radius 3 is 2.27 bits per heavy atom. The Labute approximate surface area is 154 Å². The van der Waals surface area contributed by atoms with Gasteiger partial charge in [-0.05, 0) is 49.6 Å². The van der Waals surface area contributed by atoms with Crippen LogP contribution in [0.25, 0.3) is 0 Å². The first-order valence-corrected chi connectivity index (χ1v) is 8.54. The van der Waals surface area contributed by atoms with E-state index in [4.69, 9.17) is 9.84 Å². The average Bonchev–Trinajstić information content (AvgIpc) is 2.58. The highest BCUT2D eigenvalue weighted by molar-refractivity contribution is 5.87. The van der Waals surface area contributed by atoms with Crippen LogP contribution in [0, 0.1) is 0 Å². The average molecular weight is 355 g/mol. The Hall–Kier alpha value is -2.66. The molecule has 0 bridgehead atoms. The topological polar surface area (TPSA) is 75.6 Å². The normalized spacial score (nSPS) is 11.2. The molecule has 138 valence electrons. The van der Waals surface area contributed by atoms with Gasteiger partial charge in [-0.2, -0.15) is 0 Å². The minimum Gasteiger partial charge on any atom is -0.478 e. The molecule has 0 heterocycles. The second-order valence-corrected chi connectivity index (χ2v) is 7.18. The lowest BCUT2D eigenvalue weighted by Gasteiger charge is -2.19. The summed E-state index contributed by atoms with van der Waals surface area (Å²) in [5, 5.41) is 11.8. The summed E-state index contributed by atoms with van der Waals surface area (Å²) in [7, 11) is 0. The third-order valence-electron chi connectivity index (χ3n) is 3.72. The van der Waals surface area contributed by atoms with E-state index in [1.807, 2.05) is 45.0 Å². The maximum atomic E-state index is 12.1. The number of carboxylic acids is 1. The largest absolute Gasteiger partial charge is 0.478 e. The molecule has 0 fully saturated rings. The van der Waals surface area contributed by atoms with Gasteiger partial charge in [-0.3, -0.25) is 4.79 Å². The van der Waals surface area contributed by atoms with E-state index < -0.39 is 5.97 Å². The number of rotatable bonds is 7. The fraction of sp³-hybridized carbons (Fsp3) is 0.333. The van der Waals surface area contributed by atoms with Gasteiger partial charge in [-0.15, -0.1) is 0 Å². The molecule has 0 aromatic heterocycles. The Morgan fingerprint density at radius 1 is 1.00 bits per heavy atom. The van der Waals surface area contributed by atoms with Gasteiger partial charge in [0.2, 0.25) is 5.91 Å². The van der Waals surface area contributed by atoms with Gasteiger partial charge in [0.15, 0.2) is 0 Å². The third-order valence-corrected chi connectivity index (χ3v) is 3.72. The van der Waals surface area contributed by atoms with Crippen LogP contribution in [0.15, 0.2) is 48.5 Å². The van der Waals surface area contributed by atoms with E-state index in [0.717, 1.165) is 16.7 Å². The molecule has 0 aliphatic carbocycles. The summed E-state index contributed by atoms with van der Waals surface area (Å²) in [5.41, 5.74) is 2.87. The van der Waals surface area contributed by atoms with Crippen LogP contribution in [-0.4, -0.2) is 22.6 Å². The molecular weight excluding hydrogens is 330 g/mol. The second kappa shape index (κ2) is 8.63. The van der Waals surface area contributed by atoms with Crippen LogP contribution in [0.5, 0.6) is 0 Å². The van der Waals surface area contributed by atoms with Crippen LogP contribution in [0.4, 0.5) is 0 Å². The molecule has 0 saturated carbocycles. The minimum absolute atomic E-state index is 0.107. The van der Waals surface area contributed by atoms with Crippen molar-refractivity contribution in [2.75, 3.05) is 0 Å². The molecule has 0 atom stereocenters. The summed E-state index contributed by atoms with van der Waals surface area (Å²) >= 11 is 0. The molecule has 0 unspecified atom stereocenters. The predicted molar refractivity (Wildman–Crippen MR) is 99.9 cm³/mol. The van der Waals surface area contributed by atoms with Gasteiger partial charge in [0, 0.05) is 6.54 Å². The zero-order valence-electron chi connectivity index (χ0n) is 15.4. The molecule has 2 N–H and O–H groups in total. The number of hydrogen-bond donors (Lipinski definition) is 2. The molecule has 0 aliphatic rings. The van der Waals surface area contributed by atoms with Crippen LogP contribution in [0.2, 0.25) is 0 Å². The molecule has 0 aliphatic heterocycles. The molecule has 5 nitrogen and oxygen atoms in total. The van der Waals surface area contributed by atoms with E-state index in [1.165, 1.54) is 12.1 Å². The fourth-order valence-electron chi connectivity index (χ4n) is 2.34. The molecule has 2 aromatic rings. The number of ether oxygens (including phenoxy) is 1. The lowest BCUT2D eigenvalue weighted by atomic mass is 10.1. The van der Waals surface area contributed by atoms with Gasteiger partial charge in [-0.25, -0.2) is 4.79 Å². The first-order valence-electron chi connectivity index (χ1n) is 8.54. The molecular formula is C21H25NO4. The van der Waals surface area contributed by atoms with Gasteiger partial charge in [-0.1, -0.05) is 36.4 Å². The van der Waals surface area contributed by atoms with E-state index in [1.54, 1.807) is 12.1 Å². The standard InChI is InChI=1S/C21H25NO4/c1-21(2,3)26-14-17-6-4-5-16(11-17)13-22-19(23)12-15-7-9-18(10-8-15)20(24)25/h4-11H,12-14H2,1-3H3,(H,22,23)(H,24,25). The molecule has 5 heteroatoms. The number of benzene rings is 2. The minimum atomic E-state index is -0.976. The van der Waals surface area contributed by atoms with Crippen LogP contribution in [0.1, 0.15) is 47.8 Å². The maximum Gasteiger partial charge on any atom is 0.335 e. The third kappa shape index (κ3) is 6.69. The molecule has 2 aromatic carbocycles. The molecule has 0 saturated heterocycles. The summed E-state index contributed by atoms with van der Waals surface area (Å²) in [6.45, 7) is 7.01. The number of aromatic carboxylic acids is 1. The smallest absolute Gasteiger partial charge is 0.335 e. The quantitative estimate of drug-likeness (QED) is 0.796. The second-order valence-electron chi connectivity index (χ2n) is 7.18. The lowest BCUT2D eigenvalue weighted by Crippen LogP contribution is -2.24. The highest BCUT2D eigenvalue weighted by Gasteiger charge is 2.10. The zero-order valence-corrected chi connectivity index (χ0v) is 15.4. The summed E-state index contributed by atoms with van der Waals surface area (Å²) in [5.74, 6) is -1.08. The van der Waals surface area contributed by atoms with Gasteiger partial charge >= 0.3 is 5.97 Å². The highest BCUT2D eigenvalue weighted by Crippen LogP contribution is 2.13. The van der Waals surface area contributed by atoms with E-state index in [-0.39, 0.29) is 23.5 Å². The van der Waals surface area contributed by atoms with Crippen LogP contribution < -0.4 is 5.32 Å². The molecule has 0 spiro atoms. The van der Waals surface area contributed by atoms with Crippen molar-refractivity contribution in [3.8, 4) is 0 Å². The number of nitrogens with one attached hydrogen (secondary N) is 1. The van der Waals surface area contributed by atoms with Gasteiger partial charge in [0.05, 0.1) is 24.2 Å². The SMILES string of the molecule is CC(C)(C)OCc1cccc(CNC(=O)Cc2ccc(C(=O)O)cc2)c1. The Balaban J connectivity index is 1.86. The molecule has 26 heavy (non-hydrogen) atoms. The number of carboxylic acid groups (broad SMARTS) is 1. The highest BCUT2D eigenvalue weighted by atomic mass is 16.5. The first kappa shape index (κ1) is 19.7. The van der Waals surface area contributed by atoms with Crippen molar-refractivity contribution in [1.82, 2.24) is 5.32 Å². The summed E-state index contributed by atoms with van der Waals surface area (Å²) in [6, 6.07) is 14.3. The lowest BCUT2D eigenvalue weighted by molar-refractivity contribution is -0.120. The number of amides is 1. The van der Waals surface area contributed by atoms with Crippen LogP contribution >= 0.6 is 0 Å². The van der Waals surface area contributed by atoms with E-state index in [9.17, 15) is 9.59 Å². The maximum absolute atomic E-state index is 12.1. The number of carbonyl (C=O) groups is 2. The van der Waals surface area contributed by atoms with Crippen molar-refractivity contribution in [2.45, 2.75) is 45.9 Å². The summed E-state index contributed by atoms with van der Waals surface area (Å²) in [4.78, 5) is 22.9. The fourth-order valence-corrected chi connectivity index (χ4v) is 2.34. The van der Waals surface area contributed by atoms with Crippen molar-refractivity contribution in [3.63, 3.8) is 0 Å². The Morgan fingerprint density at radius 2 is 1.65 bits per heavy atom. The summed E-state index contributed by atoms with van der Waals surface area (Å²) < 4.78 is 5.77. The number of carbonyl (C=O) groups excluding carboxylic acids is 1. The van der Waals surface area contributed by atoms with E-state index in [0.29, 0.717) is 13.2 Å². The van der Waals surface area contributed by atoms with Gasteiger partial charge < -0.3 is 15.2 Å². The van der Waals surface area contributed by atoms with Crippen LogP contribution in [-0.2, 0) is 29.1 Å². The van der Waals surface area contributed by atoms with E-state index >= 15 is 0 Å². The Kier molecular flexibility index (Phi) is 6.52. The van der Waals surface area contributed by atoms with E-state index in [2.05, 4.69) is 5.32 Å². The summed E-state index contributed by atoms with van der Waals surface area (Å²) in [6.07, 6.45) is 0.215. The Bertz CT molecular complexity index is 760. The van der Waals surface area contributed by atoms with Gasteiger partial charge in [0.25, 0.3) is 0 Å². The molecule has 1 amide bonds. The number of hydrogen-bond acceptors (Lipinski definition) is 3. The first-order chi connectivity index (χ1) is 12.2. The van der Waals surface area contributed by atoms with Crippen molar-refractivity contribution < 1.29 is 19.4 Å². The van der Waals surface area contributed by atoms with Crippen molar-refractivity contribution in [3.05, 3.63) is 70.8 Å². The van der Waals surface area contributed by atoms with Crippen LogP contribution in [0.3, 0.4) is 0 Å². The molecule has 2 rings (SSSR count). The zero-order chi connectivity index (χ0) is 19.2. The monoisotopic (exact) mass is 355 g/mol. The van der Waals surface area contributed by atoms with Crippen molar-refractivity contribution in [2.24, 2.45) is 0 Å². The van der Waals surface area contributed by atoms with Crippen molar-refractivity contribution >= 4 is 11.9 Å². The molecule has 0 radical (unpaired) electrons.